The van der Waals surface area contributed by atoms with Crippen molar-refractivity contribution in [2.45, 2.75) is 0 Å². The summed E-state index contributed by atoms with van der Waals surface area (Å²) < 4.78 is 5.38. The number of benzene rings is 1. The molecule has 3 aromatic rings. The van der Waals surface area contributed by atoms with Gasteiger partial charge in [-0.1, -0.05) is 34.8 Å². The van der Waals surface area contributed by atoms with Crippen LogP contribution < -0.4 is 10.1 Å². The number of nitrogens with one attached hydrogen (secondary N) is 1. The zero-order chi connectivity index (χ0) is 17.8. The highest BCUT2D eigenvalue weighted by Gasteiger charge is 2.11. The van der Waals surface area contributed by atoms with E-state index in [1.807, 2.05) is 17.5 Å². The van der Waals surface area contributed by atoms with Gasteiger partial charge in [-0.2, -0.15) is 0 Å². The predicted molar refractivity (Wildman–Crippen MR) is 101 cm³/mol. The molecule has 0 fully saturated rings. The van der Waals surface area contributed by atoms with E-state index in [0.717, 1.165) is 11.3 Å². The van der Waals surface area contributed by atoms with E-state index in [1.54, 1.807) is 12.4 Å². The van der Waals surface area contributed by atoms with Crippen molar-refractivity contribution in [3.63, 3.8) is 0 Å². The second-order valence-corrected chi connectivity index (χ2v) is 6.89. The first-order chi connectivity index (χ1) is 12.0. The molecule has 25 heavy (non-hydrogen) atoms. The van der Waals surface area contributed by atoms with Crippen LogP contribution in [0.4, 0.5) is 5.13 Å². The highest BCUT2D eigenvalue weighted by molar-refractivity contribution is 7.14. The quantitative estimate of drug-likeness (QED) is 0.584. The van der Waals surface area contributed by atoms with Crippen molar-refractivity contribution in [1.82, 2.24) is 9.97 Å². The van der Waals surface area contributed by atoms with Gasteiger partial charge in [0.2, 0.25) is 0 Å². The van der Waals surface area contributed by atoms with Crippen LogP contribution >= 0.6 is 46.1 Å². The number of carbonyl (C=O) groups is 1. The number of carbonyl (C=O) groups excluding carboxylic acids is 1. The van der Waals surface area contributed by atoms with E-state index in [9.17, 15) is 4.79 Å². The zero-order valence-electron chi connectivity index (χ0n) is 12.5. The van der Waals surface area contributed by atoms with Gasteiger partial charge >= 0.3 is 0 Å². The van der Waals surface area contributed by atoms with Crippen molar-refractivity contribution < 1.29 is 9.53 Å². The van der Waals surface area contributed by atoms with Crippen molar-refractivity contribution >= 4 is 57.2 Å². The third-order valence-corrected chi connectivity index (χ3v) is 4.84. The van der Waals surface area contributed by atoms with Crippen LogP contribution in [0.2, 0.25) is 15.1 Å². The smallest absolute Gasteiger partial charge is 0.264 e. The minimum Gasteiger partial charge on any atom is -0.482 e. The molecular formula is C16H10Cl3N3O2S. The molecule has 0 aliphatic rings. The van der Waals surface area contributed by atoms with E-state index in [-0.39, 0.29) is 23.3 Å². The maximum Gasteiger partial charge on any atom is 0.264 e. The molecule has 0 radical (unpaired) electrons. The van der Waals surface area contributed by atoms with Crippen molar-refractivity contribution in [1.29, 1.82) is 0 Å². The summed E-state index contributed by atoms with van der Waals surface area (Å²) in [7, 11) is 0. The van der Waals surface area contributed by atoms with Crippen LogP contribution in [0.5, 0.6) is 5.75 Å². The number of ether oxygens (including phenoxy) is 1. The Kier molecular flexibility index (Phi) is 5.75. The van der Waals surface area contributed by atoms with Crippen LogP contribution in [-0.4, -0.2) is 22.5 Å². The number of rotatable bonds is 5. The lowest BCUT2D eigenvalue weighted by Crippen LogP contribution is -2.20. The van der Waals surface area contributed by atoms with E-state index >= 15 is 0 Å². The molecule has 5 nitrogen and oxygen atoms in total. The van der Waals surface area contributed by atoms with Crippen LogP contribution in [-0.2, 0) is 4.79 Å². The molecule has 0 aliphatic heterocycles. The molecule has 1 aromatic carbocycles. The minimum absolute atomic E-state index is 0.234. The van der Waals surface area contributed by atoms with Gasteiger partial charge in [-0.25, -0.2) is 4.98 Å². The highest BCUT2D eigenvalue weighted by atomic mass is 35.5. The molecular weight excluding hydrogens is 405 g/mol. The molecule has 2 aromatic heterocycles. The van der Waals surface area contributed by atoms with Gasteiger partial charge in [0.15, 0.2) is 11.7 Å². The molecule has 0 unspecified atom stereocenters. The maximum absolute atomic E-state index is 12.0. The Morgan fingerprint density at radius 1 is 1.12 bits per heavy atom. The molecule has 9 heteroatoms. The third-order valence-electron chi connectivity index (χ3n) is 3.06. The Labute approximate surface area is 162 Å². The Morgan fingerprint density at radius 3 is 2.60 bits per heavy atom. The second-order valence-electron chi connectivity index (χ2n) is 4.81. The van der Waals surface area contributed by atoms with E-state index in [4.69, 9.17) is 39.5 Å². The molecule has 128 valence electrons. The molecule has 0 saturated heterocycles. The van der Waals surface area contributed by atoms with Crippen LogP contribution in [0.15, 0.2) is 42.0 Å². The average molecular weight is 415 g/mol. The van der Waals surface area contributed by atoms with Crippen molar-refractivity contribution in [2.75, 3.05) is 11.9 Å². The number of anilines is 1. The van der Waals surface area contributed by atoms with Crippen LogP contribution in [0.1, 0.15) is 0 Å². The van der Waals surface area contributed by atoms with E-state index in [0.29, 0.717) is 15.2 Å². The van der Waals surface area contributed by atoms with Gasteiger partial charge < -0.3 is 4.74 Å². The molecule has 0 atom stereocenters. The molecule has 1 N–H and O–H groups in total. The van der Waals surface area contributed by atoms with E-state index in [1.165, 1.54) is 23.5 Å². The lowest BCUT2D eigenvalue weighted by molar-refractivity contribution is -0.118. The molecule has 1 amide bonds. The first-order valence-electron chi connectivity index (χ1n) is 6.96. The summed E-state index contributed by atoms with van der Waals surface area (Å²) in [6, 6.07) is 6.61. The molecule has 0 saturated carbocycles. The van der Waals surface area contributed by atoms with Crippen LogP contribution in [0.3, 0.4) is 0 Å². The van der Waals surface area contributed by atoms with Gasteiger partial charge in [-0.05, 0) is 18.2 Å². The number of aromatic nitrogens is 2. The average Bonchev–Trinajstić information content (AvgIpc) is 3.06. The highest BCUT2D eigenvalue weighted by Crippen LogP contribution is 2.33. The summed E-state index contributed by atoms with van der Waals surface area (Å²) in [6.45, 7) is -0.234. The number of hydrogen-bond acceptors (Lipinski definition) is 5. The third kappa shape index (κ3) is 4.61. The van der Waals surface area contributed by atoms with E-state index in [2.05, 4.69) is 15.3 Å². The van der Waals surface area contributed by atoms with Gasteiger partial charge in [0.25, 0.3) is 5.91 Å². The summed E-state index contributed by atoms with van der Waals surface area (Å²) in [6.07, 6.45) is 3.36. The molecule has 2 heterocycles. The van der Waals surface area contributed by atoms with Gasteiger partial charge in [-0.15, -0.1) is 11.3 Å². The number of pyridine rings is 1. The standard InChI is InChI=1S/C16H10Cl3N3O2S/c17-10-5-12(19)14(6-11(10)18)24-7-15(23)22-16-21-13(8-25-16)9-1-3-20-4-2-9/h1-6,8H,7H2,(H,21,22,23). The number of nitrogens with zero attached hydrogens (tertiary/aromatic N) is 2. The fourth-order valence-electron chi connectivity index (χ4n) is 1.90. The summed E-state index contributed by atoms with van der Waals surface area (Å²) >= 11 is 19.1. The predicted octanol–water partition coefficient (Wildman–Crippen LogP) is 5.18. The van der Waals surface area contributed by atoms with Crippen molar-refractivity contribution in [3.05, 3.63) is 57.1 Å². The summed E-state index contributed by atoms with van der Waals surface area (Å²) in [5, 5.41) is 5.88. The zero-order valence-corrected chi connectivity index (χ0v) is 15.6. The Balaban J connectivity index is 1.60. The lowest BCUT2D eigenvalue weighted by atomic mass is 10.2. The first-order valence-corrected chi connectivity index (χ1v) is 8.97. The minimum atomic E-state index is -0.363. The SMILES string of the molecule is O=C(COc1cc(Cl)c(Cl)cc1Cl)Nc1nc(-c2ccncc2)cs1. The van der Waals surface area contributed by atoms with Crippen LogP contribution in [0, 0.1) is 0 Å². The number of amides is 1. The van der Waals surface area contributed by atoms with Gasteiger partial charge in [0, 0.05) is 29.4 Å². The normalized spacial score (nSPS) is 10.5. The summed E-state index contributed by atoms with van der Waals surface area (Å²) in [5.74, 6) is -0.0828. The van der Waals surface area contributed by atoms with Gasteiger partial charge in [0.05, 0.1) is 20.8 Å². The number of thiazole rings is 1. The Bertz CT molecular complexity index is 903. The second kappa shape index (κ2) is 8.01. The molecule has 0 bridgehead atoms. The largest absolute Gasteiger partial charge is 0.482 e. The van der Waals surface area contributed by atoms with Crippen molar-refractivity contribution in [2.24, 2.45) is 0 Å². The van der Waals surface area contributed by atoms with Gasteiger partial charge in [0.1, 0.15) is 5.75 Å². The Hall–Kier alpha value is -1.86. The summed E-state index contributed by atoms with van der Waals surface area (Å²) in [4.78, 5) is 20.3. The fraction of sp³-hybridized carbons (Fsp3) is 0.0625. The topological polar surface area (TPSA) is 64.1 Å². The maximum atomic E-state index is 12.0. The monoisotopic (exact) mass is 413 g/mol. The first kappa shape index (κ1) is 17.9. The number of halogens is 3. The van der Waals surface area contributed by atoms with Crippen molar-refractivity contribution in [3.8, 4) is 17.0 Å². The fourth-order valence-corrected chi connectivity index (χ4v) is 3.23. The van der Waals surface area contributed by atoms with Crippen LogP contribution in [0.25, 0.3) is 11.3 Å². The Morgan fingerprint density at radius 2 is 1.84 bits per heavy atom. The molecule has 3 rings (SSSR count). The lowest BCUT2D eigenvalue weighted by Gasteiger charge is -2.08. The van der Waals surface area contributed by atoms with E-state index < -0.39 is 0 Å². The molecule has 0 spiro atoms. The number of hydrogen-bond donors (Lipinski definition) is 1. The summed E-state index contributed by atoms with van der Waals surface area (Å²) in [5.41, 5.74) is 1.68. The van der Waals surface area contributed by atoms with Gasteiger partial charge in [-0.3, -0.25) is 15.1 Å². The molecule has 0 aliphatic carbocycles.